The van der Waals surface area contributed by atoms with E-state index in [0.717, 1.165) is 32.2 Å². The molecule has 0 bridgehead atoms. The largest absolute Gasteiger partial charge is 0.432 e. The van der Waals surface area contributed by atoms with Crippen molar-refractivity contribution in [3.8, 4) is 0 Å². The lowest BCUT2D eigenvalue weighted by Gasteiger charge is -2.33. The van der Waals surface area contributed by atoms with E-state index in [2.05, 4.69) is 10.3 Å². The number of fused-ring (bicyclic) bond motifs is 1. The number of imidazole rings is 1. The molecule has 1 N–H and O–H groups in total. The lowest BCUT2D eigenvalue weighted by molar-refractivity contribution is -0.304. The third-order valence-electron chi connectivity index (χ3n) is 5.09. The minimum atomic E-state index is -5.88. The highest BCUT2D eigenvalue weighted by Crippen LogP contribution is 2.52. The molecule has 1 amide bonds. The van der Waals surface area contributed by atoms with Crippen LogP contribution in [0.5, 0.6) is 0 Å². The molecular weight excluding hydrogens is 460 g/mol. The maximum absolute atomic E-state index is 14.4. The number of aromatic nitrogens is 4. The number of halogens is 6. The Bertz CT molecular complexity index is 1320. The zero-order chi connectivity index (χ0) is 24.9. The smallest absolute Gasteiger partial charge is 0.325 e. The lowest BCUT2D eigenvalue weighted by atomic mass is 9.89. The fourth-order valence-electron chi connectivity index (χ4n) is 3.32. The van der Waals surface area contributed by atoms with Gasteiger partial charge in [0.15, 0.2) is 11.2 Å². The molecule has 0 aliphatic rings. The Morgan fingerprint density at radius 3 is 2.09 bits per heavy atom. The average Bonchev–Trinajstić information content (AvgIpc) is 3.12. The van der Waals surface area contributed by atoms with Gasteiger partial charge >= 0.3 is 11.9 Å². The molecule has 0 saturated carbocycles. The number of rotatable bonds is 5. The highest BCUT2D eigenvalue weighted by Gasteiger charge is 2.69. The van der Waals surface area contributed by atoms with E-state index in [4.69, 9.17) is 0 Å². The van der Waals surface area contributed by atoms with Crippen LogP contribution in [0, 0.1) is 0 Å². The zero-order valence-electron chi connectivity index (χ0n) is 17.4. The highest BCUT2D eigenvalue weighted by atomic mass is 19.4. The zero-order valence-corrected chi connectivity index (χ0v) is 17.4. The topological polar surface area (TPSA) is 90.9 Å². The second kappa shape index (κ2) is 7.78. The van der Waals surface area contributed by atoms with Crippen molar-refractivity contribution in [1.82, 2.24) is 18.7 Å². The van der Waals surface area contributed by atoms with Crippen molar-refractivity contribution in [2.75, 3.05) is 5.32 Å². The summed E-state index contributed by atoms with van der Waals surface area (Å²) in [6, 6.07) is 2.68. The quantitative estimate of drug-likeness (QED) is 0.572. The molecule has 3 aromatic rings. The minimum absolute atomic E-state index is 0.0344. The van der Waals surface area contributed by atoms with Crippen molar-refractivity contribution in [1.29, 1.82) is 0 Å². The van der Waals surface area contributed by atoms with Crippen molar-refractivity contribution in [3.05, 3.63) is 57.0 Å². The van der Waals surface area contributed by atoms with Gasteiger partial charge in [0, 0.05) is 32.3 Å². The Morgan fingerprint density at radius 1 is 1.00 bits per heavy atom. The Hall–Kier alpha value is -3.58. The number of nitrogens with one attached hydrogen (secondary N) is 1. The molecule has 3 rings (SSSR count). The molecule has 14 heteroatoms. The van der Waals surface area contributed by atoms with E-state index in [1.54, 1.807) is 0 Å². The van der Waals surface area contributed by atoms with Gasteiger partial charge in [-0.15, -0.1) is 0 Å². The van der Waals surface area contributed by atoms with Crippen LogP contribution in [0.15, 0.2) is 40.2 Å². The van der Waals surface area contributed by atoms with Gasteiger partial charge in [0.25, 0.3) is 17.2 Å². The maximum Gasteiger partial charge on any atom is 0.432 e. The monoisotopic (exact) mass is 477 g/mol. The summed E-state index contributed by atoms with van der Waals surface area (Å²) in [5, 5.41) is 2.30. The van der Waals surface area contributed by atoms with Crippen LogP contribution in [-0.2, 0) is 31.1 Å². The molecule has 1 aromatic carbocycles. The number of hydrogen-bond donors (Lipinski definition) is 1. The summed E-state index contributed by atoms with van der Waals surface area (Å²) in [7, 11) is 2.63. The molecule has 33 heavy (non-hydrogen) atoms. The minimum Gasteiger partial charge on any atom is -0.325 e. The molecule has 1 unspecified atom stereocenters. The van der Waals surface area contributed by atoms with Gasteiger partial charge in [-0.3, -0.25) is 18.7 Å². The van der Waals surface area contributed by atoms with Gasteiger partial charge in [-0.05, 0) is 12.1 Å². The predicted octanol–water partition coefficient (Wildman–Crippen LogP) is 2.45. The molecular formula is C19H17F6N5O3. The molecule has 0 spiro atoms. The first-order valence-corrected chi connectivity index (χ1v) is 9.24. The van der Waals surface area contributed by atoms with Crippen LogP contribution in [0.4, 0.5) is 32.0 Å². The summed E-state index contributed by atoms with van der Waals surface area (Å²) in [6.07, 6.45) is -4.73. The van der Waals surface area contributed by atoms with Crippen molar-refractivity contribution in [3.63, 3.8) is 0 Å². The standard InChI is InChI=1S/C19H17F6N5O3/c1-17(20,21)18(22,19(23,24)25)10-4-6-11(7-5-10)27-12(31)8-30-9-26-14-13(30)15(32)29(3)16(33)28(14)2/h4-7,9H,8H2,1-3H3,(H,27,31). The molecule has 0 aliphatic carbocycles. The number of carbonyl (C=O) groups is 1. The summed E-state index contributed by atoms with van der Waals surface area (Å²) < 4.78 is 83.7. The van der Waals surface area contributed by atoms with Gasteiger partial charge in [0.05, 0.1) is 6.33 Å². The number of alkyl halides is 6. The number of anilines is 1. The normalized spacial score (nSPS) is 14.3. The first-order chi connectivity index (χ1) is 15.1. The Labute approximate surface area is 181 Å². The summed E-state index contributed by atoms with van der Waals surface area (Å²) in [5.41, 5.74) is -7.68. The van der Waals surface area contributed by atoms with Crippen molar-refractivity contribution < 1.29 is 31.1 Å². The number of carbonyl (C=O) groups excluding carboxylic acids is 1. The molecule has 8 nitrogen and oxygen atoms in total. The van der Waals surface area contributed by atoms with Crippen molar-refractivity contribution in [2.24, 2.45) is 14.1 Å². The van der Waals surface area contributed by atoms with E-state index in [1.165, 1.54) is 14.1 Å². The van der Waals surface area contributed by atoms with E-state index in [0.29, 0.717) is 12.1 Å². The molecule has 1 atom stereocenters. The van der Waals surface area contributed by atoms with Crippen LogP contribution in [0.2, 0.25) is 0 Å². The van der Waals surface area contributed by atoms with Crippen LogP contribution in [-0.4, -0.2) is 36.7 Å². The Morgan fingerprint density at radius 2 is 1.58 bits per heavy atom. The average molecular weight is 477 g/mol. The van der Waals surface area contributed by atoms with E-state index in [9.17, 15) is 40.7 Å². The van der Waals surface area contributed by atoms with Gasteiger partial charge in [-0.1, -0.05) is 12.1 Å². The predicted molar refractivity (Wildman–Crippen MR) is 105 cm³/mol. The summed E-state index contributed by atoms with van der Waals surface area (Å²) in [4.78, 5) is 40.6. The van der Waals surface area contributed by atoms with E-state index in [-0.39, 0.29) is 23.8 Å². The summed E-state index contributed by atoms with van der Waals surface area (Å²) in [5.74, 6) is -5.51. The van der Waals surface area contributed by atoms with Crippen LogP contribution in [0.25, 0.3) is 11.2 Å². The van der Waals surface area contributed by atoms with Crippen LogP contribution in [0.3, 0.4) is 0 Å². The SMILES string of the molecule is Cn1c(=O)c2c(ncn2CC(=O)Nc2ccc(C(F)(C(C)(F)F)C(F)(F)F)cc2)n(C)c1=O. The second-order valence-corrected chi connectivity index (χ2v) is 7.42. The van der Waals surface area contributed by atoms with Gasteiger partial charge in [-0.25, -0.2) is 22.9 Å². The molecule has 0 fully saturated rings. The molecule has 2 aromatic heterocycles. The van der Waals surface area contributed by atoms with Gasteiger partial charge in [-0.2, -0.15) is 13.2 Å². The van der Waals surface area contributed by atoms with Crippen LogP contribution in [0.1, 0.15) is 12.5 Å². The number of aryl methyl sites for hydroxylation is 1. The molecule has 2 heterocycles. The fourth-order valence-corrected chi connectivity index (χ4v) is 3.32. The van der Waals surface area contributed by atoms with Crippen molar-refractivity contribution >= 4 is 22.8 Å². The van der Waals surface area contributed by atoms with Gasteiger partial charge in [0.2, 0.25) is 5.91 Å². The number of benzene rings is 1. The lowest BCUT2D eigenvalue weighted by Crippen LogP contribution is -2.51. The molecule has 0 radical (unpaired) electrons. The third-order valence-corrected chi connectivity index (χ3v) is 5.09. The number of amides is 1. The first-order valence-electron chi connectivity index (χ1n) is 9.24. The molecule has 178 valence electrons. The second-order valence-electron chi connectivity index (χ2n) is 7.42. The highest BCUT2D eigenvalue weighted by molar-refractivity contribution is 5.91. The van der Waals surface area contributed by atoms with Crippen LogP contribution < -0.4 is 16.6 Å². The van der Waals surface area contributed by atoms with Gasteiger partial charge in [0.1, 0.15) is 6.54 Å². The number of hydrogen-bond acceptors (Lipinski definition) is 4. The van der Waals surface area contributed by atoms with Crippen molar-refractivity contribution in [2.45, 2.75) is 31.2 Å². The molecule has 0 aliphatic heterocycles. The Balaban J connectivity index is 1.86. The first kappa shape index (κ1) is 24.1. The Kier molecular flexibility index (Phi) is 5.67. The number of nitrogens with zero attached hydrogens (tertiary/aromatic N) is 4. The maximum atomic E-state index is 14.4. The molecule has 0 saturated heterocycles. The summed E-state index contributed by atoms with van der Waals surface area (Å²) >= 11 is 0. The van der Waals surface area contributed by atoms with E-state index < -0.39 is 47.0 Å². The summed E-state index contributed by atoms with van der Waals surface area (Å²) in [6.45, 7) is -0.639. The van der Waals surface area contributed by atoms with Gasteiger partial charge < -0.3 is 9.88 Å². The van der Waals surface area contributed by atoms with Crippen LogP contribution >= 0.6 is 0 Å². The van der Waals surface area contributed by atoms with E-state index >= 15 is 0 Å². The third kappa shape index (κ3) is 3.89. The fraction of sp³-hybridized carbons (Fsp3) is 0.368. The van der Waals surface area contributed by atoms with E-state index in [1.807, 2.05) is 0 Å².